The van der Waals surface area contributed by atoms with Gasteiger partial charge in [-0.15, -0.1) is 0 Å². The predicted octanol–water partition coefficient (Wildman–Crippen LogP) is 0.968. The molecule has 1 saturated heterocycles. The first-order valence-electron chi connectivity index (χ1n) is 8.43. The molecule has 2 aliphatic rings. The number of ether oxygens (including phenoxy) is 2. The van der Waals surface area contributed by atoms with Gasteiger partial charge in [-0.2, -0.15) is 0 Å². The van der Waals surface area contributed by atoms with E-state index in [9.17, 15) is 9.59 Å². The van der Waals surface area contributed by atoms with E-state index in [0.717, 1.165) is 29.9 Å². The Kier molecular flexibility index (Phi) is 5.40. The number of carbonyl (C=O) groups is 2. The summed E-state index contributed by atoms with van der Waals surface area (Å²) < 4.78 is 11.0. The number of urea groups is 1. The molecule has 130 valence electrons. The van der Waals surface area contributed by atoms with Gasteiger partial charge < -0.3 is 25.4 Å². The highest BCUT2D eigenvalue weighted by molar-refractivity contribution is 5.87. The number of amides is 3. The summed E-state index contributed by atoms with van der Waals surface area (Å²) >= 11 is 0. The topological polar surface area (TPSA) is 88.7 Å². The molecule has 3 rings (SSSR count). The fraction of sp³-hybridized carbons (Fsp3) is 0.529. The van der Waals surface area contributed by atoms with Crippen molar-refractivity contribution >= 4 is 11.9 Å². The summed E-state index contributed by atoms with van der Waals surface area (Å²) in [6, 6.07) is 5.04. The molecule has 2 heterocycles. The van der Waals surface area contributed by atoms with E-state index in [0.29, 0.717) is 39.1 Å². The third kappa shape index (κ3) is 4.31. The lowest BCUT2D eigenvalue weighted by atomic mass is 10.1. The van der Waals surface area contributed by atoms with Gasteiger partial charge in [0.05, 0.1) is 0 Å². The lowest BCUT2D eigenvalue weighted by molar-refractivity contribution is -0.122. The van der Waals surface area contributed by atoms with E-state index in [1.54, 1.807) is 0 Å². The number of hydrogen-bond donors (Lipinski definition) is 3. The standard InChI is InChI=1S/C17H23N3O4/c21-16-13(3-1-2-7-18-16)20-17(22)19-8-6-12-4-5-14-15(11-12)24-10-9-23-14/h4-5,11,13H,1-3,6-10H2,(H,18,21)(H2,19,20,22)/t13-/m1/s1. The molecule has 1 aromatic carbocycles. The molecule has 7 nitrogen and oxygen atoms in total. The quantitative estimate of drug-likeness (QED) is 0.766. The van der Waals surface area contributed by atoms with Crippen molar-refractivity contribution in [3.05, 3.63) is 23.8 Å². The van der Waals surface area contributed by atoms with Gasteiger partial charge in [-0.3, -0.25) is 4.79 Å². The molecule has 0 aliphatic carbocycles. The molecule has 3 amide bonds. The van der Waals surface area contributed by atoms with Gasteiger partial charge in [-0.25, -0.2) is 4.79 Å². The van der Waals surface area contributed by atoms with Crippen molar-refractivity contribution in [1.29, 1.82) is 0 Å². The maximum atomic E-state index is 11.9. The SMILES string of the molecule is O=C(NCCc1ccc2c(c1)OCCO2)N[C@@H]1CCCCNC1=O. The zero-order valence-electron chi connectivity index (χ0n) is 13.6. The van der Waals surface area contributed by atoms with Crippen LogP contribution < -0.4 is 25.4 Å². The van der Waals surface area contributed by atoms with Crippen molar-refractivity contribution in [2.24, 2.45) is 0 Å². The third-order valence-electron chi connectivity index (χ3n) is 4.15. The monoisotopic (exact) mass is 333 g/mol. The van der Waals surface area contributed by atoms with Gasteiger partial charge in [0.1, 0.15) is 19.3 Å². The van der Waals surface area contributed by atoms with Gasteiger partial charge in [-0.05, 0) is 43.4 Å². The van der Waals surface area contributed by atoms with Crippen molar-refractivity contribution < 1.29 is 19.1 Å². The Bertz CT molecular complexity index is 605. The largest absolute Gasteiger partial charge is 0.486 e. The van der Waals surface area contributed by atoms with E-state index in [1.165, 1.54) is 0 Å². The van der Waals surface area contributed by atoms with Crippen molar-refractivity contribution in [2.45, 2.75) is 31.7 Å². The second kappa shape index (κ2) is 7.90. The van der Waals surface area contributed by atoms with Crippen LogP contribution in [-0.4, -0.2) is 44.3 Å². The lowest BCUT2D eigenvalue weighted by Gasteiger charge is -2.19. The Labute approximate surface area is 141 Å². The molecule has 0 saturated carbocycles. The average Bonchev–Trinajstić information content (AvgIpc) is 2.79. The molecule has 2 aliphatic heterocycles. The Morgan fingerprint density at radius 1 is 1.21 bits per heavy atom. The molecule has 0 bridgehead atoms. The lowest BCUT2D eigenvalue weighted by Crippen LogP contribution is -2.49. The first-order chi connectivity index (χ1) is 11.7. The summed E-state index contributed by atoms with van der Waals surface area (Å²) in [7, 11) is 0. The van der Waals surface area contributed by atoms with Gasteiger partial charge in [-0.1, -0.05) is 6.07 Å². The first-order valence-corrected chi connectivity index (χ1v) is 8.43. The Morgan fingerprint density at radius 3 is 2.92 bits per heavy atom. The Balaban J connectivity index is 1.44. The van der Waals surface area contributed by atoms with Crippen molar-refractivity contribution in [1.82, 2.24) is 16.0 Å². The smallest absolute Gasteiger partial charge is 0.315 e. The van der Waals surface area contributed by atoms with E-state index in [1.807, 2.05) is 18.2 Å². The summed E-state index contributed by atoms with van der Waals surface area (Å²) in [5, 5.41) is 8.34. The molecular weight excluding hydrogens is 310 g/mol. The molecule has 0 spiro atoms. The van der Waals surface area contributed by atoms with Gasteiger partial charge in [0.2, 0.25) is 5.91 Å². The van der Waals surface area contributed by atoms with Crippen LogP contribution in [0.4, 0.5) is 4.79 Å². The maximum absolute atomic E-state index is 11.9. The molecule has 1 aromatic rings. The molecule has 7 heteroatoms. The minimum atomic E-state index is -0.443. The molecular formula is C17H23N3O4. The third-order valence-corrected chi connectivity index (χ3v) is 4.15. The number of benzene rings is 1. The highest BCUT2D eigenvalue weighted by Crippen LogP contribution is 2.30. The number of carbonyl (C=O) groups excluding carboxylic acids is 2. The summed E-state index contributed by atoms with van der Waals surface area (Å²) in [4.78, 5) is 23.7. The van der Waals surface area contributed by atoms with Gasteiger partial charge in [0, 0.05) is 13.1 Å². The number of hydrogen-bond acceptors (Lipinski definition) is 4. The van der Waals surface area contributed by atoms with Crippen LogP contribution >= 0.6 is 0 Å². The summed E-state index contributed by atoms with van der Waals surface area (Å²) in [6.45, 7) is 2.30. The van der Waals surface area contributed by atoms with Crippen molar-refractivity contribution in [3.63, 3.8) is 0 Å². The van der Waals surface area contributed by atoms with Crippen LogP contribution in [0.1, 0.15) is 24.8 Å². The molecule has 0 aromatic heterocycles. The van der Waals surface area contributed by atoms with E-state index in [4.69, 9.17) is 9.47 Å². The van der Waals surface area contributed by atoms with Crippen molar-refractivity contribution in [2.75, 3.05) is 26.3 Å². The Morgan fingerprint density at radius 2 is 2.04 bits per heavy atom. The van der Waals surface area contributed by atoms with E-state index in [-0.39, 0.29) is 11.9 Å². The first kappa shape index (κ1) is 16.4. The van der Waals surface area contributed by atoms with Crippen LogP contribution in [-0.2, 0) is 11.2 Å². The maximum Gasteiger partial charge on any atom is 0.315 e. The fourth-order valence-electron chi connectivity index (χ4n) is 2.85. The van der Waals surface area contributed by atoms with E-state index >= 15 is 0 Å². The van der Waals surface area contributed by atoms with E-state index < -0.39 is 6.04 Å². The molecule has 0 radical (unpaired) electrons. The minimum Gasteiger partial charge on any atom is -0.486 e. The second-order valence-corrected chi connectivity index (χ2v) is 5.97. The highest BCUT2D eigenvalue weighted by atomic mass is 16.6. The van der Waals surface area contributed by atoms with Gasteiger partial charge in [0.25, 0.3) is 0 Å². The molecule has 24 heavy (non-hydrogen) atoms. The van der Waals surface area contributed by atoms with Crippen LogP contribution in [0.2, 0.25) is 0 Å². The van der Waals surface area contributed by atoms with Crippen LogP contribution in [0.25, 0.3) is 0 Å². The summed E-state index contributed by atoms with van der Waals surface area (Å²) in [6.07, 6.45) is 3.25. The number of fused-ring (bicyclic) bond motifs is 1. The molecule has 0 unspecified atom stereocenters. The Hall–Kier alpha value is -2.44. The highest BCUT2D eigenvalue weighted by Gasteiger charge is 2.22. The van der Waals surface area contributed by atoms with Crippen molar-refractivity contribution in [3.8, 4) is 11.5 Å². The van der Waals surface area contributed by atoms with E-state index in [2.05, 4.69) is 16.0 Å². The summed E-state index contributed by atoms with van der Waals surface area (Å²) in [5.74, 6) is 1.41. The number of nitrogens with one attached hydrogen (secondary N) is 3. The molecule has 3 N–H and O–H groups in total. The predicted molar refractivity (Wildman–Crippen MR) is 88.3 cm³/mol. The fourth-order valence-corrected chi connectivity index (χ4v) is 2.85. The zero-order chi connectivity index (χ0) is 16.8. The molecule has 1 fully saturated rings. The number of rotatable bonds is 4. The normalized spacial score (nSPS) is 19.8. The van der Waals surface area contributed by atoms with Gasteiger partial charge >= 0.3 is 6.03 Å². The second-order valence-electron chi connectivity index (χ2n) is 5.97. The zero-order valence-corrected chi connectivity index (χ0v) is 13.6. The summed E-state index contributed by atoms with van der Waals surface area (Å²) in [5.41, 5.74) is 1.06. The van der Waals surface area contributed by atoms with Crippen LogP contribution in [0.15, 0.2) is 18.2 Å². The van der Waals surface area contributed by atoms with Crippen LogP contribution in [0.5, 0.6) is 11.5 Å². The van der Waals surface area contributed by atoms with Gasteiger partial charge in [0.15, 0.2) is 11.5 Å². The average molecular weight is 333 g/mol. The van der Waals surface area contributed by atoms with Crippen LogP contribution in [0.3, 0.4) is 0 Å². The minimum absolute atomic E-state index is 0.102. The van der Waals surface area contributed by atoms with Crippen LogP contribution in [0, 0.1) is 0 Å². The molecule has 1 atom stereocenters.